The summed E-state index contributed by atoms with van der Waals surface area (Å²) < 4.78 is 4.89. The lowest BCUT2D eigenvalue weighted by Gasteiger charge is -2.27. The summed E-state index contributed by atoms with van der Waals surface area (Å²) in [5.74, 6) is -0.704. The van der Waals surface area contributed by atoms with Crippen LogP contribution in [0.1, 0.15) is 55.2 Å². The van der Waals surface area contributed by atoms with Gasteiger partial charge in [0, 0.05) is 25.9 Å². The molecule has 3 rings (SSSR count). The predicted octanol–water partition coefficient (Wildman–Crippen LogP) is 2.29. The molecule has 9 nitrogen and oxygen atoms in total. The zero-order valence-corrected chi connectivity index (χ0v) is 17.4. The first-order valence-electron chi connectivity index (χ1n) is 10.3. The lowest BCUT2D eigenvalue weighted by Crippen LogP contribution is -2.45. The molecule has 2 heterocycles. The lowest BCUT2D eigenvalue weighted by atomic mass is 10.2. The molecule has 0 saturated carbocycles. The monoisotopic (exact) mass is 413 g/mol. The number of hydrogen-bond donors (Lipinski definition) is 0. The molecule has 160 valence electrons. The molecule has 1 aromatic heterocycles. The number of para-hydroxylation sites is 1. The molecule has 0 atom stereocenters. The van der Waals surface area contributed by atoms with Gasteiger partial charge < -0.3 is 4.74 Å². The second-order valence-electron chi connectivity index (χ2n) is 7.07. The van der Waals surface area contributed by atoms with Crippen molar-refractivity contribution in [2.45, 2.75) is 46.0 Å². The van der Waals surface area contributed by atoms with Crippen LogP contribution < -0.4 is 0 Å². The number of hydrazine groups is 1. The number of carbonyl (C=O) groups excluding carboxylic acids is 3. The van der Waals surface area contributed by atoms with Crippen molar-refractivity contribution in [3.63, 3.8) is 0 Å². The van der Waals surface area contributed by atoms with E-state index < -0.39 is 0 Å². The third-order valence-corrected chi connectivity index (χ3v) is 4.85. The fourth-order valence-corrected chi connectivity index (χ4v) is 3.37. The number of ether oxygens (including phenoxy) is 1. The van der Waals surface area contributed by atoms with Gasteiger partial charge in [-0.1, -0.05) is 18.2 Å². The van der Waals surface area contributed by atoms with Crippen LogP contribution in [0.15, 0.2) is 30.3 Å². The Labute approximate surface area is 175 Å². The van der Waals surface area contributed by atoms with Crippen LogP contribution in [0.25, 0.3) is 5.69 Å². The number of unbranched alkanes of at least 4 members (excludes halogenated alkanes) is 1. The van der Waals surface area contributed by atoms with Crippen molar-refractivity contribution < 1.29 is 19.1 Å². The SMILES string of the molecule is CCOC(=O)CCCCC(=O)N1CCCN1C(=O)c1nn(-c2ccccc2)nc1C. The lowest BCUT2D eigenvalue weighted by molar-refractivity contribution is -0.144. The van der Waals surface area contributed by atoms with Crippen molar-refractivity contribution in [3.8, 4) is 5.69 Å². The third-order valence-electron chi connectivity index (χ3n) is 4.85. The van der Waals surface area contributed by atoms with Crippen LogP contribution in [0.4, 0.5) is 0 Å². The van der Waals surface area contributed by atoms with Gasteiger partial charge in [0.25, 0.3) is 5.91 Å². The molecule has 0 N–H and O–H groups in total. The Bertz CT molecular complexity index is 896. The van der Waals surface area contributed by atoms with Crippen LogP contribution in [-0.4, -0.2) is 62.5 Å². The van der Waals surface area contributed by atoms with Gasteiger partial charge in [0.15, 0.2) is 5.69 Å². The molecule has 30 heavy (non-hydrogen) atoms. The van der Waals surface area contributed by atoms with Crippen LogP contribution in [0.2, 0.25) is 0 Å². The minimum absolute atomic E-state index is 0.127. The van der Waals surface area contributed by atoms with Crippen molar-refractivity contribution in [2.75, 3.05) is 19.7 Å². The Morgan fingerprint density at radius 1 is 1.00 bits per heavy atom. The minimum Gasteiger partial charge on any atom is -0.466 e. The second kappa shape index (κ2) is 10.00. The number of esters is 1. The van der Waals surface area contributed by atoms with E-state index in [4.69, 9.17) is 4.74 Å². The standard InChI is InChI=1S/C21H27N5O4/c1-3-30-19(28)13-8-7-12-18(27)24-14-9-15-25(24)21(29)20-16(2)22-26(23-20)17-10-5-4-6-11-17/h4-6,10-11H,3,7-9,12-15H2,1-2H3. The van der Waals surface area contributed by atoms with Gasteiger partial charge >= 0.3 is 5.97 Å². The zero-order chi connectivity index (χ0) is 21.5. The van der Waals surface area contributed by atoms with Gasteiger partial charge in [-0.15, -0.1) is 5.10 Å². The summed E-state index contributed by atoms with van der Waals surface area (Å²) in [4.78, 5) is 38.5. The Morgan fingerprint density at radius 2 is 1.70 bits per heavy atom. The van der Waals surface area contributed by atoms with Crippen LogP contribution >= 0.6 is 0 Å². The number of amides is 2. The smallest absolute Gasteiger partial charge is 0.305 e. The van der Waals surface area contributed by atoms with Crippen molar-refractivity contribution in [1.29, 1.82) is 0 Å². The first-order valence-corrected chi connectivity index (χ1v) is 10.3. The highest BCUT2D eigenvalue weighted by Crippen LogP contribution is 2.18. The molecule has 0 radical (unpaired) electrons. The summed E-state index contributed by atoms with van der Waals surface area (Å²) >= 11 is 0. The average molecular weight is 413 g/mol. The van der Waals surface area contributed by atoms with E-state index in [1.807, 2.05) is 30.3 Å². The molecule has 2 aromatic rings. The van der Waals surface area contributed by atoms with Crippen LogP contribution in [-0.2, 0) is 14.3 Å². The van der Waals surface area contributed by atoms with E-state index in [2.05, 4.69) is 10.2 Å². The minimum atomic E-state index is -0.327. The quantitative estimate of drug-likeness (QED) is 0.486. The molecule has 1 fully saturated rings. The van der Waals surface area contributed by atoms with E-state index >= 15 is 0 Å². The molecule has 9 heteroatoms. The van der Waals surface area contributed by atoms with Gasteiger partial charge in [-0.25, -0.2) is 5.01 Å². The summed E-state index contributed by atoms with van der Waals surface area (Å²) in [6.45, 7) is 4.81. The molecule has 0 spiro atoms. The molecule has 0 unspecified atom stereocenters. The van der Waals surface area contributed by atoms with E-state index in [-0.39, 0.29) is 29.9 Å². The molecule has 1 aliphatic heterocycles. The Kier molecular flexibility index (Phi) is 7.16. The van der Waals surface area contributed by atoms with Gasteiger partial charge in [-0.3, -0.25) is 19.4 Å². The van der Waals surface area contributed by atoms with Gasteiger partial charge in [-0.05, 0) is 45.2 Å². The molecular formula is C21H27N5O4. The molecule has 1 saturated heterocycles. The second-order valence-corrected chi connectivity index (χ2v) is 7.07. The highest BCUT2D eigenvalue weighted by Gasteiger charge is 2.33. The highest BCUT2D eigenvalue weighted by atomic mass is 16.5. The Morgan fingerprint density at radius 3 is 2.43 bits per heavy atom. The Hall–Kier alpha value is -3.23. The first-order chi connectivity index (χ1) is 14.5. The zero-order valence-electron chi connectivity index (χ0n) is 17.4. The van der Waals surface area contributed by atoms with Gasteiger partial charge in [-0.2, -0.15) is 9.90 Å². The highest BCUT2D eigenvalue weighted by molar-refractivity contribution is 5.94. The summed E-state index contributed by atoms with van der Waals surface area (Å²) in [5, 5.41) is 11.7. The first kappa shape index (κ1) is 21.5. The van der Waals surface area contributed by atoms with Crippen LogP contribution in [0, 0.1) is 6.92 Å². The van der Waals surface area contributed by atoms with E-state index in [9.17, 15) is 14.4 Å². The van der Waals surface area contributed by atoms with Crippen molar-refractivity contribution >= 4 is 17.8 Å². The predicted molar refractivity (Wildman–Crippen MR) is 109 cm³/mol. The maximum Gasteiger partial charge on any atom is 0.305 e. The molecule has 1 aliphatic rings. The van der Waals surface area contributed by atoms with Crippen LogP contribution in [0.3, 0.4) is 0 Å². The fourth-order valence-electron chi connectivity index (χ4n) is 3.37. The molecule has 0 bridgehead atoms. The molecule has 0 aliphatic carbocycles. The number of aromatic nitrogens is 3. The summed E-state index contributed by atoms with van der Waals surface area (Å²) in [6, 6.07) is 9.36. The van der Waals surface area contributed by atoms with E-state index in [1.165, 1.54) is 14.8 Å². The number of carbonyl (C=O) groups is 3. The maximum absolute atomic E-state index is 13.1. The maximum atomic E-state index is 13.1. The number of aryl methyl sites for hydroxylation is 1. The summed E-state index contributed by atoms with van der Waals surface area (Å²) in [6.07, 6.45) is 2.44. The molecule has 2 amide bonds. The topological polar surface area (TPSA) is 97.6 Å². The largest absolute Gasteiger partial charge is 0.466 e. The van der Waals surface area contributed by atoms with Crippen molar-refractivity contribution in [3.05, 3.63) is 41.7 Å². The van der Waals surface area contributed by atoms with Crippen LogP contribution in [0.5, 0.6) is 0 Å². The summed E-state index contributed by atoms with van der Waals surface area (Å²) in [5.41, 5.74) is 1.51. The van der Waals surface area contributed by atoms with Gasteiger partial charge in [0.05, 0.1) is 18.0 Å². The van der Waals surface area contributed by atoms with Gasteiger partial charge in [0.2, 0.25) is 5.91 Å². The number of hydrogen-bond acceptors (Lipinski definition) is 6. The molecular weight excluding hydrogens is 386 g/mol. The van der Waals surface area contributed by atoms with E-state index in [1.54, 1.807) is 13.8 Å². The average Bonchev–Trinajstić information content (AvgIpc) is 3.38. The Balaban J connectivity index is 1.61. The molecule has 1 aromatic carbocycles. The fraction of sp³-hybridized carbons (Fsp3) is 0.476. The van der Waals surface area contributed by atoms with Crippen molar-refractivity contribution in [1.82, 2.24) is 25.0 Å². The summed E-state index contributed by atoms with van der Waals surface area (Å²) in [7, 11) is 0. The number of rotatable bonds is 8. The van der Waals surface area contributed by atoms with E-state index in [0.29, 0.717) is 51.1 Å². The third kappa shape index (κ3) is 5.03. The van der Waals surface area contributed by atoms with E-state index in [0.717, 1.165) is 5.69 Å². The van der Waals surface area contributed by atoms with Gasteiger partial charge in [0.1, 0.15) is 0 Å². The normalized spacial score (nSPS) is 13.5. The van der Waals surface area contributed by atoms with Crippen molar-refractivity contribution in [2.24, 2.45) is 0 Å². The number of nitrogens with zero attached hydrogens (tertiary/aromatic N) is 5. The number of benzene rings is 1.